The third-order valence-corrected chi connectivity index (χ3v) is 3.08. The molecule has 0 N–H and O–H groups in total. The minimum absolute atomic E-state index is 0.393. The minimum Gasteiger partial charge on any atom is -0.285 e. The first-order chi connectivity index (χ1) is 5.91. The highest BCUT2D eigenvalue weighted by atomic mass is 32.2. The Hall–Kier alpha value is -0.100. The Kier molecular flexibility index (Phi) is 5.55. The molecule has 0 saturated carbocycles. The summed E-state index contributed by atoms with van der Waals surface area (Å²) in [4.78, 5) is 10.5. The average Bonchev–Trinajstić information content (AvgIpc) is 2.01. The van der Waals surface area contributed by atoms with Crippen molar-refractivity contribution in [3.05, 3.63) is 10.3 Å². The van der Waals surface area contributed by atoms with Gasteiger partial charge in [-0.25, -0.2) is 0 Å². The van der Waals surface area contributed by atoms with E-state index in [0.29, 0.717) is 16.1 Å². The van der Waals surface area contributed by atoms with Crippen LogP contribution in [0, 0.1) is 0 Å². The van der Waals surface area contributed by atoms with Crippen molar-refractivity contribution in [2.24, 2.45) is 0 Å². The van der Waals surface area contributed by atoms with Crippen molar-refractivity contribution in [1.82, 2.24) is 0 Å². The summed E-state index contributed by atoms with van der Waals surface area (Å²) in [6, 6.07) is 0. The monoisotopic (exact) mass is 230 g/mol. The van der Waals surface area contributed by atoms with Gasteiger partial charge in [-0.15, -0.1) is 23.5 Å². The Morgan fingerprint density at radius 2 is 2.00 bits per heavy atom. The maximum Gasteiger partial charge on any atom is 0.454 e. The molecule has 6 heteroatoms. The summed E-state index contributed by atoms with van der Waals surface area (Å²) in [5.41, 5.74) is 0. The predicted octanol–water partition coefficient (Wildman–Crippen LogP) is 3.08. The Labute approximate surface area is 83.1 Å². The van der Waals surface area contributed by atoms with Crippen molar-refractivity contribution in [3.63, 3.8) is 0 Å². The molecule has 76 valence electrons. The number of hydrogen-bond donors (Lipinski definition) is 0. The second kappa shape index (κ2) is 5.59. The molecule has 0 aliphatic rings. The fourth-order valence-electron chi connectivity index (χ4n) is 0.491. The molecule has 0 fully saturated rings. The Balaban J connectivity index is 4.42. The summed E-state index contributed by atoms with van der Waals surface area (Å²) in [6.07, 6.45) is -2.48. The molecule has 0 amide bonds. The minimum atomic E-state index is -4.75. The van der Waals surface area contributed by atoms with Crippen LogP contribution in [0.5, 0.6) is 0 Å². The SMILES string of the molecule is CCS/C(=C/C(=O)C(F)(F)F)SC. The summed E-state index contributed by atoms with van der Waals surface area (Å²) in [5.74, 6) is -1.14. The highest BCUT2D eigenvalue weighted by molar-refractivity contribution is 8.22. The van der Waals surface area contributed by atoms with E-state index < -0.39 is 12.0 Å². The molecule has 0 saturated heterocycles. The van der Waals surface area contributed by atoms with Crippen LogP contribution < -0.4 is 0 Å². The molecule has 0 heterocycles. The van der Waals surface area contributed by atoms with Gasteiger partial charge in [0.05, 0.1) is 0 Å². The zero-order valence-electron chi connectivity index (χ0n) is 7.14. The molecule has 0 spiro atoms. The summed E-state index contributed by atoms with van der Waals surface area (Å²) in [6.45, 7) is 1.81. The third-order valence-electron chi connectivity index (χ3n) is 1.02. The molecule has 0 aliphatic carbocycles. The highest BCUT2D eigenvalue weighted by Gasteiger charge is 2.36. The van der Waals surface area contributed by atoms with E-state index in [1.807, 2.05) is 6.92 Å². The normalized spacial score (nSPS) is 13.2. The van der Waals surface area contributed by atoms with Crippen molar-refractivity contribution in [3.8, 4) is 0 Å². The number of carbonyl (C=O) groups excluding carboxylic acids is 1. The van der Waals surface area contributed by atoms with E-state index in [-0.39, 0.29) is 0 Å². The highest BCUT2D eigenvalue weighted by Crippen LogP contribution is 2.28. The fraction of sp³-hybridized carbons (Fsp3) is 0.571. The van der Waals surface area contributed by atoms with Crippen molar-refractivity contribution < 1.29 is 18.0 Å². The van der Waals surface area contributed by atoms with Crippen LogP contribution in [0.25, 0.3) is 0 Å². The van der Waals surface area contributed by atoms with Gasteiger partial charge in [-0.3, -0.25) is 4.79 Å². The Morgan fingerprint density at radius 1 is 1.46 bits per heavy atom. The van der Waals surface area contributed by atoms with Crippen molar-refractivity contribution in [2.75, 3.05) is 12.0 Å². The van der Waals surface area contributed by atoms with Gasteiger partial charge in [0, 0.05) is 10.3 Å². The first kappa shape index (κ1) is 12.9. The summed E-state index contributed by atoms with van der Waals surface area (Å²) < 4.78 is 35.7. The zero-order chi connectivity index (χ0) is 10.5. The van der Waals surface area contributed by atoms with Crippen molar-refractivity contribution in [2.45, 2.75) is 13.1 Å². The largest absolute Gasteiger partial charge is 0.454 e. The van der Waals surface area contributed by atoms with Crippen molar-refractivity contribution >= 4 is 29.3 Å². The van der Waals surface area contributed by atoms with Gasteiger partial charge in [0.15, 0.2) is 0 Å². The molecular formula is C7H9F3OS2. The number of allylic oxidation sites excluding steroid dienone is 1. The molecule has 0 aromatic heterocycles. The molecule has 0 aromatic carbocycles. The number of thioether (sulfide) groups is 2. The van der Waals surface area contributed by atoms with E-state index in [1.54, 1.807) is 6.26 Å². The van der Waals surface area contributed by atoms with Crippen LogP contribution in [0.2, 0.25) is 0 Å². The van der Waals surface area contributed by atoms with E-state index >= 15 is 0 Å². The standard InChI is InChI=1S/C7H9F3OS2/c1-3-13-6(12-2)4-5(11)7(8,9)10/h4H,3H2,1-2H3/b6-4+. The summed E-state index contributed by atoms with van der Waals surface area (Å²) in [7, 11) is 0. The second-order valence-corrected chi connectivity index (χ2v) is 4.37. The maximum absolute atomic E-state index is 11.8. The average molecular weight is 230 g/mol. The fourth-order valence-corrected chi connectivity index (χ4v) is 2.02. The lowest BCUT2D eigenvalue weighted by molar-refractivity contribution is -0.165. The van der Waals surface area contributed by atoms with E-state index in [0.717, 1.165) is 11.8 Å². The van der Waals surface area contributed by atoms with Gasteiger partial charge in [0.2, 0.25) is 0 Å². The number of carbonyl (C=O) groups is 1. The number of hydrogen-bond acceptors (Lipinski definition) is 3. The second-order valence-electron chi connectivity index (χ2n) is 1.96. The lowest BCUT2D eigenvalue weighted by Crippen LogP contribution is -2.20. The molecule has 0 rings (SSSR count). The lowest BCUT2D eigenvalue weighted by Gasteiger charge is -2.03. The van der Waals surface area contributed by atoms with E-state index in [2.05, 4.69) is 0 Å². The zero-order valence-corrected chi connectivity index (χ0v) is 8.78. The van der Waals surface area contributed by atoms with Gasteiger partial charge in [-0.2, -0.15) is 13.2 Å². The quantitative estimate of drug-likeness (QED) is 0.691. The Bertz CT molecular complexity index is 210. The van der Waals surface area contributed by atoms with Gasteiger partial charge in [-0.1, -0.05) is 6.92 Å². The van der Waals surface area contributed by atoms with Gasteiger partial charge >= 0.3 is 6.18 Å². The summed E-state index contributed by atoms with van der Waals surface area (Å²) >= 11 is 2.37. The lowest BCUT2D eigenvalue weighted by atomic mass is 10.4. The molecule has 13 heavy (non-hydrogen) atoms. The van der Waals surface area contributed by atoms with Gasteiger partial charge < -0.3 is 0 Å². The molecule has 0 aromatic rings. The van der Waals surface area contributed by atoms with Crippen LogP contribution in [0.4, 0.5) is 13.2 Å². The molecule has 1 nitrogen and oxygen atoms in total. The molecule has 0 atom stereocenters. The van der Waals surface area contributed by atoms with Crippen LogP contribution in [0.15, 0.2) is 10.3 Å². The van der Waals surface area contributed by atoms with Crippen LogP contribution in [0.1, 0.15) is 6.92 Å². The first-order valence-corrected chi connectivity index (χ1v) is 5.62. The van der Waals surface area contributed by atoms with Gasteiger partial charge in [0.25, 0.3) is 5.78 Å². The number of rotatable bonds is 4. The number of ketones is 1. The van der Waals surface area contributed by atoms with Crippen molar-refractivity contribution in [1.29, 1.82) is 0 Å². The maximum atomic E-state index is 11.8. The molecule has 0 unspecified atom stereocenters. The smallest absolute Gasteiger partial charge is 0.285 e. The molecule has 0 aliphatic heterocycles. The number of halogens is 3. The molecule has 0 bridgehead atoms. The summed E-state index contributed by atoms with van der Waals surface area (Å²) in [5, 5.41) is 0. The number of alkyl halides is 3. The van der Waals surface area contributed by atoms with Crippen LogP contribution in [-0.4, -0.2) is 24.0 Å². The van der Waals surface area contributed by atoms with Crippen LogP contribution >= 0.6 is 23.5 Å². The van der Waals surface area contributed by atoms with Crippen LogP contribution in [0.3, 0.4) is 0 Å². The van der Waals surface area contributed by atoms with Gasteiger partial charge in [-0.05, 0) is 12.0 Å². The van der Waals surface area contributed by atoms with E-state index in [1.165, 1.54) is 11.8 Å². The predicted molar refractivity (Wildman–Crippen MR) is 50.8 cm³/mol. The molecular weight excluding hydrogens is 221 g/mol. The van der Waals surface area contributed by atoms with Crippen LogP contribution in [-0.2, 0) is 4.79 Å². The van der Waals surface area contributed by atoms with Gasteiger partial charge in [0.1, 0.15) is 0 Å². The van der Waals surface area contributed by atoms with E-state index in [9.17, 15) is 18.0 Å². The van der Waals surface area contributed by atoms with E-state index in [4.69, 9.17) is 0 Å². The molecule has 0 radical (unpaired) electrons. The Morgan fingerprint density at radius 3 is 2.31 bits per heavy atom. The third kappa shape index (κ3) is 5.25. The topological polar surface area (TPSA) is 17.1 Å². The first-order valence-electron chi connectivity index (χ1n) is 3.41.